The van der Waals surface area contributed by atoms with Gasteiger partial charge in [0.15, 0.2) is 0 Å². The number of fused-ring (bicyclic) bond motifs is 3. The van der Waals surface area contributed by atoms with Crippen LogP contribution in [0.2, 0.25) is 0 Å². The summed E-state index contributed by atoms with van der Waals surface area (Å²) < 4.78 is 0. The van der Waals surface area contributed by atoms with E-state index in [4.69, 9.17) is 0 Å². The fourth-order valence-electron chi connectivity index (χ4n) is 2.27. The SMILES string of the molecule is c1ccc2c3c([n-]c2c1)CCCC3. The van der Waals surface area contributed by atoms with Crippen molar-refractivity contribution in [3.63, 3.8) is 0 Å². The van der Waals surface area contributed by atoms with Gasteiger partial charge in [-0.25, -0.2) is 0 Å². The first kappa shape index (κ1) is 7.19. The molecule has 13 heavy (non-hydrogen) atoms. The average Bonchev–Trinajstić information content (AvgIpc) is 2.56. The number of hydrogen-bond acceptors (Lipinski definition) is 0. The van der Waals surface area contributed by atoms with Crippen LogP contribution in [0.1, 0.15) is 24.1 Å². The van der Waals surface area contributed by atoms with Crippen molar-refractivity contribution in [2.45, 2.75) is 25.7 Å². The molecule has 0 unspecified atom stereocenters. The lowest BCUT2D eigenvalue weighted by Crippen LogP contribution is -2.00. The van der Waals surface area contributed by atoms with Gasteiger partial charge in [0, 0.05) is 0 Å². The number of nitrogens with zero attached hydrogens (tertiary/aromatic N) is 1. The molecule has 1 aliphatic rings. The van der Waals surface area contributed by atoms with Crippen LogP contribution in [0, 0.1) is 0 Å². The normalized spacial score (nSPS) is 16.0. The zero-order chi connectivity index (χ0) is 8.67. The van der Waals surface area contributed by atoms with Gasteiger partial charge in [-0.3, -0.25) is 0 Å². The van der Waals surface area contributed by atoms with Gasteiger partial charge >= 0.3 is 0 Å². The van der Waals surface area contributed by atoms with Crippen LogP contribution in [0.25, 0.3) is 10.9 Å². The number of aryl methyl sites for hydroxylation is 2. The molecule has 3 rings (SSSR count). The molecule has 1 aromatic carbocycles. The Kier molecular flexibility index (Phi) is 1.45. The summed E-state index contributed by atoms with van der Waals surface area (Å²) >= 11 is 0. The van der Waals surface area contributed by atoms with Gasteiger partial charge in [-0.1, -0.05) is 36.2 Å². The molecule has 1 nitrogen and oxygen atoms in total. The summed E-state index contributed by atoms with van der Waals surface area (Å²) in [6, 6.07) is 8.50. The van der Waals surface area contributed by atoms with Crippen molar-refractivity contribution in [1.29, 1.82) is 0 Å². The molecular weight excluding hydrogens is 158 g/mol. The molecular formula is C12H12N-. The lowest BCUT2D eigenvalue weighted by Gasteiger charge is -2.16. The first-order valence-electron chi connectivity index (χ1n) is 4.98. The van der Waals surface area contributed by atoms with E-state index in [1.807, 2.05) is 0 Å². The maximum Gasteiger partial charge on any atom is -0.0288 e. The van der Waals surface area contributed by atoms with E-state index in [1.165, 1.54) is 47.8 Å². The standard InChI is InChI=1S/C12H12N/c1-3-7-11-9(5-1)10-6-2-4-8-12(10)13-11/h1,3,5,7H,2,4,6,8H2/q-1. The molecule has 0 saturated carbocycles. The van der Waals surface area contributed by atoms with Crippen LogP contribution in [-0.2, 0) is 12.8 Å². The number of benzene rings is 1. The van der Waals surface area contributed by atoms with Crippen molar-refractivity contribution in [3.05, 3.63) is 35.5 Å². The van der Waals surface area contributed by atoms with Crippen molar-refractivity contribution in [3.8, 4) is 0 Å². The van der Waals surface area contributed by atoms with E-state index in [9.17, 15) is 0 Å². The van der Waals surface area contributed by atoms with E-state index in [2.05, 4.69) is 29.2 Å². The molecule has 2 aromatic rings. The Bertz CT molecular complexity index is 439. The summed E-state index contributed by atoms with van der Waals surface area (Å²) in [7, 11) is 0. The second-order valence-corrected chi connectivity index (χ2v) is 3.76. The fourth-order valence-corrected chi connectivity index (χ4v) is 2.27. The molecule has 66 valence electrons. The molecule has 0 aliphatic heterocycles. The Labute approximate surface area is 77.8 Å². The predicted molar refractivity (Wildman–Crippen MR) is 53.9 cm³/mol. The van der Waals surface area contributed by atoms with Gasteiger partial charge in [-0.2, -0.15) is 5.69 Å². The quantitative estimate of drug-likeness (QED) is 0.593. The Balaban J connectivity index is 2.34. The summed E-state index contributed by atoms with van der Waals surface area (Å²) in [6.45, 7) is 0. The molecule has 0 saturated heterocycles. The van der Waals surface area contributed by atoms with Crippen molar-refractivity contribution < 1.29 is 0 Å². The smallest absolute Gasteiger partial charge is 0.0288 e. The predicted octanol–water partition coefficient (Wildman–Crippen LogP) is 2.68. The second kappa shape index (κ2) is 2.63. The van der Waals surface area contributed by atoms with E-state index < -0.39 is 0 Å². The molecule has 0 amide bonds. The maximum absolute atomic E-state index is 4.65. The number of hydrogen-bond donors (Lipinski definition) is 0. The third-order valence-electron chi connectivity index (χ3n) is 2.92. The monoisotopic (exact) mass is 170 g/mol. The molecule has 0 fully saturated rings. The zero-order valence-electron chi connectivity index (χ0n) is 7.59. The van der Waals surface area contributed by atoms with Gasteiger partial charge in [0.25, 0.3) is 0 Å². The minimum absolute atomic E-state index is 1.18. The van der Waals surface area contributed by atoms with E-state index in [0.717, 1.165) is 0 Å². The van der Waals surface area contributed by atoms with Crippen LogP contribution in [-0.4, -0.2) is 0 Å². The van der Waals surface area contributed by atoms with Crippen molar-refractivity contribution in [1.82, 2.24) is 4.98 Å². The number of rotatable bonds is 0. The first-order valence-corrected chi connectivity index (χ1v) is 4.98. The molecule has 0 spiro atoms. The Morgan fingerprint density at radius 2 is 1.85 bits per heavy atom. The minimum atomic E-state index is 1.18. The number of aromatic nitrogens is 1. The highest BCUT2D eigenvalue weighted by molar-refractivity contribution is 5.84. The Morgan fingerprint density at radius 3 is 2.85 bits per heavy atom. The summed E-state index contributed by atoms with van der Waals surface area (Å²) in [5, 5.41) is 1.39. The maximum atomic E-state index is 4.65. The second-order valence-electron chi connectivity index (χ2n) is 3.76. The molecule has 1 aliphatic carbocycles. The van der Waals surface area contributed by atoms with Crippen molar-refractivity contribution >= 4 is 10.9 Å². The summed E-state index contributed by atoms with van der Waals surface area (Å²) in [4.78, 5) is 4.65. The van der Waals surface area contributed by atoms with Gasteiger partial charge in [-0.05, 0) is 24.6 Å². The van der Waals surface area contributed by atoms with E-state index in [-0.39, 0.29) is 0 Å². The van der Waals surface area contributed by atoms with Gasteiger partial charge in [0.1, 0.15) is 0 Å². The first-order chi connectivity index (χ1) is 6.45. The average molecular weight is 170 g/mol. The Morgan fingerprint density at radius 1 is 1.00 bits per heavy atom. The van der Waals surface area contributed by atoms with Gasteiger partial charge < -0.3 is 4.98 Å². The van der Waals surface area contributed by atoms with Crippen molar-refractivity contribution in [2.24, 2.45) is 0 Å². The summed E-state index contributed by atoms with van der Waals surface area (Å²) in [5.41, 5.74) is 4.06. The Hall–Kier alpha value is -1.24. The van der Waals surface area contributed by atoms with Crippen LogP contribution in [0.15, 0.2) is 24.3 Å². The molecule has 1 heterocycles. The van der Waals surface area contributed by atoms with E-state index in [0.29, 0.717) is 0 Å². The molecule has 0 atom stereocenters. The van der Waals surface area contributed by atoms with Gasteiger partial charge in [-0.15, -0.1) is 5.52 Å². The van der Waals surface area contributed by atoms with Gasteiger partial charge in [0.05, 0.1) is 0 Å². The largest absolute Gasteiger partial charge is 0.661 e. The van der Waals surface area contributed by atoms with E-state index >= 15 is 0 Å². The fraction of sp³-hybridized carbons (Fsp3) is 0.333. The van der Waals surface area contributed by atoms with Crippen LogP contribution in [0.4, 0.5) is 0 Å². The summed E-state index contributed by atoms with van der Waals surface area (Å²) in [6.07, 6.45) is 5.07. The van der Waals surface area contributed by atoms with Crippen LogP contribution < -0.4 is 4.98 Å². The van der Waals surface area contributed by atoms with Crippen LogP contribution in [0.5, 0.6) is 0 Å². The zero-order valence-corrected chi connectivity index (χ0v) is 7.59. The third-order valence-corrected chi connectivity index (χ3v) is 2.92. The van der Waals surface area contributed by atoms with Crippen molar-refractivity contribution in [2.75, 3.05) is 0 Å². The summed E-state index contributed by atoms with van der Waals surface area (Å²) in [5.74, 6) is 0. The highest BCUT2D eigenvalue weighted by Gasteiger charge is 2.07. The van der Waals surface area contributed by atoms with E-state index in [1.54, 1.807) is 0 Å². The minimum Gasteiger partial charge on any atom is -0.661 e. The lowest BCUT2D eigenvalue weighted by molar-refractivity contribution is 0.678. The molecule has 1 heteroatoms. The van der Waals surface area contributed by atoms with Crippen LogP contribution in [0.3, 0.4) is 0 Å². The highest BCUT2D eigenvalue weighted by atomic mass is 14.7. The highest BCUT2D eigenvalue weighted by Crippen LogP contribution is 2.27. The van der Waals surface area contributed by atoms with Gasteiger partial charge in [0.2, 0.25) is 0 Å². The molecule has 0 radical (unpaired) electrons. The molecule has 0 bridgehead atoms. The topological polar surface area (TPSA) is 14.1 Å². The molecule has 1 aromatic heterocycles. The lowest BCUT2D eigenvalue weighted by atomic mass is 9.96. The third kappa shape index (κ3) is 0.998. The molecule has 0 N–H and O–H groups in total. The number of para-hydroxylation sites is 1. The van der Waals surface area contributed by atoms with Crippen LogP contribution >= 0.6 is 0 Å².